The number of ether oxygens (including phenoxy) is 1. The van der Waals surface area contributed by atoms with E-state index in [4.69, 9.17) is 4.74 Å². The van der Waals surface area contributed by atoms with Crippen molar-refractivity contribution in [3.05, 3.63) is 59.7 Å². The van der Waals surface area contributed by atoms with Crippen LogP contribution in [0.15, 0.2) is 48.5 Å². The van der Waals surface area contributed by atoms with Crippen molar-refractivity contribution in [2.24, 2.45) is 0 Å². The fraction of sp³-hybridized carbons (Fsp3) is 0.300. The Morgan fingerprint density at radius 1 is 1.00 bits per heavy atom. The summed E-state index contributed by atoms with van der Waals surface area (Å²) in [6.07, 6.45) is -4.48. The second-order valence-electron chi connectivity index (χ2n) is 7.12. The van der Waals surface area contributed by atoms with Gasteiger partial charge in [-0.1, -0.05) is 18.2 Å². The third-order valence-electron chi connectivity index (χ3n) is 3.46. The van der Waals surface area contributed by atoms with E-state index in [1.165, 1.54) is 24.3 Å². The first-order valence-electron chi connectivity index (χ1n) is 8.47. The molecule has 2 rings (SSSR count). The Morgan fingerprint density at radius 2 is 1.68 bits per heavy atom. The highest BCUT2D eigenvalue weighted by Gasteiger charge is 2.30. The summed E-state index contributed by atoms with van der Waals surface area (Å²) in [6.45, 7) is 4.91. The van der Waals surface area contributed by atoms with Gasteiger partial charge in [0.2, 0.25) is 0 Å². The van der Waals surface area contributed by atoms with Crippen LogP contribution >= 0.6 is 0 Å². The molecule has 5 nitrogen and oxygen atoms in total. The predicted octanol–water partition coefficient (Wildman–Crippen LogP) is 4.52. The molecule has 0 saturated heterocycles. The number of carbonyl (C=O) groups is 2. The van der Waals surface area contributed by atoms with Crippen LogP contribution in [0.3, 0.4) is 0 Å². The number of anilines is 2. The van der Waals surface area contributed by atoms with Gasteiger partial charge in [0.25, 0.3) is 5.91 Å². The molecule has 2 N–H and O–H groups in total. The van der Waals surface area contributed by atoms with E-state index in [-0.39, 0.29) is 16.9 Å². The number of alkyl halides is 3. The monoisotopic (exact) mass is 394 g/mol. The maximum atomic E-state index is 12.9. The summed E-state index contributed by atoms with van der Waals surface area (Å²) in [4.78, 5) is 24.1. The zero-order valence-electron chi connectivity index (χ0n) is 15.7. The molecule has 0 atom stereocenters. The average molecular weight is 394 g/mol. The molecule has 1 amide bonds. The highest BCUT2D eigenvalue weighted by Crippen LogP contribution is 2.31. The van der Waals surface area contributed by atoms with E-state index in [2.05, 4.69) is 10.6 Å². The molecule has 0 saturated carbocycles. The SMILES string of the molecule is CC(C)(C)NC(=O)COC(=O)c1ccccc1Nc1cccc(C(F)(F)F)c1. The first-order chi connectivity index (χ1) is 13.0. The minimum Gasteiger partial charge on any atom is -0.452 e. The summed E-state index contributed by atoms with van der Waals surface area (Å²) in [5.41, 5.74) is -0.740. The number of rotatable bonds is 5. The molecule has 0 spiro atoms. The third-order valence-corrected chi connectivity index (χ3v) is 3.46. The molecular weight excluding hydrogens is 373 g/mol. The van der Waals surface area contributed by atoms with E-state index in [0.29, 0.717) is 0 Å². The van der Waals surface area contributed by atoms with Crippen LogP contribution in [0.1, 0.15) is 36.7 Å². The van der Waals surface area contributed by atoms with Crippen LogP contribution < -0.4 is 10.6 Å². The molecule has 150 valence electrons. The Balaban J connectivity index is 2.13. The molecule has 8 heteroatoms. The largest absolute Gasteiger partial charge is 0.452 e. The Hall–Kier alpha value is -3.03. The lowest BCUT2D eigenvalue weighted by Gasteiger charge is -2.20. The summed E-state index contributed by atoms with van der Waals surface area (Å²) in [7, 11) is 0. The molecule has 0 heterocycles. The van der Waals surface area contributed by atoms with Crippen LogP contribution in [0.25, 0.3) is 0 Å². The lowest BCUT2D eigenvalue weighted by Crippen LogP contribution is -2.42. The van der Waals surface area contributed by atoms with Gasteiger partial charge < -0.3 is 15.4 Å². The molecular formula is C20H21F3N2O3. The molecule has 0 aliphatic rings. The van der Waals surface area contributed by atoms with Crippen LogP contribution in [0.4, 0.5) is 24.5 Å². The van der Waals surface area contributed by atoms with Gasteiger partial charge in [0.1, 0.15) is 0 Å². The summed E-state index contributed by atoms with van der Waals surface area (Å²) in [5, 5.41) is 5.45. The summed E-state index contributed by atoms with van der Waals surface area (Å²) >= 11 is 0. The van der Waals surface area contributed by atoms with Crippen molar-refractivity contribution in [1.82, 2.24) is 5.32 Å². The van der Waals surface area contributed by atoms with Gasteiger partial charge in [0, 0.05) is 11.2 Å². The maximum Gasteiger partial charge on any atom is 0.416 e. The lowest BCUT2D eigenvalue weighted by molar-refractivity contribution is -0.137. The minimum atomic E-state index is -4.48. The van der Waals surface area contributed by atoms with Crippen LogP contribution in [0.5, 0.6) is 0 Å². The highest BCUT2D eigenvalue weighted by atomic mass is 19.4. The lowest BCUT2D eigenvalue weighted by atomic mass is 10.1. The van der Waals surface area contributed by atoms with Crippen LogP contribution in [0, 0.1) is 0 Å². The van der Waals surface area contributed by atoms with Crippen LogP contribution in [-0.2, 0) is 15.7 Å². The number of halogens is 3. The number of esters is 1. The topological polar surface area (TPSA) is 67.4 Å². The molecule has 0 fully saturated rings. The molecule has 2 aromatic rings. The minimum absolute atomic E-state index is 0.100. The fourth-order valence-electron chi connectivity index (χ4n) is 2.36. The van der Waals surface area contributed by atoms with Crippen molar-refractivity contribution in [2.75, 3.05) is 11.9 Å². The molecule has 0 aliphatic heterocycles. The predicted molar refractivity (Wildman–Crippen MR) is 99.3 cm³/mol. The van der Waals surface area contributed by atoms with Gasteiger partial charge in [0.05, 0.1) is 16.8 Å². The molecule has 28 heavy (non-hydrogen) atoms. The normalized spacial score (nSPS) is 11.6. The highest BCUT2D eigenvalue weighted by molar-refractivity contribution is 5.97. The van der Waals surface area contributed by atoms with E-state index >= 15 is 0 Å². The van der Waals surface area contributed by atoms with Crippen molar-refractivity contribution in [3.63, 3.8) is 0 Å². The van der Waals surface area contributed by atoms with Gasteiger partial charge in [-0.25, -0.2) is 4.79 Å². The Labute approximate surface area is 160 Å². The van der Waals surface area contributed by atoms with E-state index < -0.39 is 35.8 Å². The van der Waals surface area contributed by atoms with Crippen molar-refractivity contribution < 1.29 is 27.5 Å². The van der Waals surface area contributed by atoms with Gasteiger partial charge in [-0.05, 0) is 51.1 Å². The smallest absolute Gasteiger partial charge is 0.416 e. The van der Waals surface area contributed by atoms with Gasteiger partial charge >= 0.3 is 12.1 Å². The van der Waals surface area contributed by atoms with Crippen molar-refractivity contribution in [1.29, 1.82) is 0 Å². The number of amides is 1. The maximum absolute atomic E-state index is 12.9. The van der Waals surface area contributed by atoms with Gasteiger partial charge in [-0.3, -0.25) is 4.79 Å². The van der Waals surface area contributed by atoms with Crippen molar-refractivity contribution >= 4 is 23.3 Å². The number of nitrogens with one attached hydrogen (secondary N) is 2. The van der Waals surface area contributed by atoms with Crippen molar-refractivity contribution in [3.8, 4) is 0 Å². The number of hydrogen-bond donors (Lipinski definition) is 2. The number of hydrogen-bond acceptors (Lipinski definition) is 4. The second kappa shape index (κ2) is 8.33. The quantitative estimate of drug-likeness (QED) is 0.732. The standard InChI is InChI=1S/C20H21F3N2O3/c1-19(2,3)25-17(26)12-28-18(27)15-9-4-5-10-16(15)24-14-8-6-7-13(11-14)20(21,22)23/h4-11,24H,12H2,1-3H3,(H,25,26). The van der Waals surface area contributed by atoms with E-state index in [1.807, 2.05) is 0 Å². The number of carbonyl (C=O) groups excluding carboxylic acids is 2. The van der Waals surface area contributed by atoms with E-state index in [1.54, 1.807) is 32.9 Å². The average Bonchev–Trinajstić information content (AvgIpc) is 2.58. The molecule has 0 bridgehead atoms. The summed E-state index contributed by atoms with van der Waals surface area (Å²) in [5.74, 6) is -1.22. The molecule has 0 radical (unpaired) electrons. The zero-order chi connectivity index (χ0) is 20.9. The van der Waals surface area contributed by atoms with Crippen molar-refractivity contribution in [2.45, 2.75) is 32.5 Å². The van der Waals surface area contributed by atoms with E-state index in [0.717, 1.165) is 12.1 Å². The van der Waals surface area contributed by atoms with Crippen LogP contribution in [0.2, 0.25) is 0 Å². The second-order valence-corrected chi connectivity index (χ2v) is 7.12. The Bertz CT molecular complexity index is 858. The van der Waals surface area contributed by atoms with Crippen LogP contribution in [-0.4, -0.2) is 24.0 Å². The van der Waals surface area contributed by atoms with Gasteiger partial charge in [-0.15, -0.1) is 0 Å². The van der Waals surface area contributed by atoms with Gasteiger partial charge in [-0.2, -0.15) is 13.2 Å². The first-order valence-corrected chi connectivity index (χ1v) is 8.47. The Morgan fingerprint density at radius 3 is 2.32 bits per heavy atom. The van der Waals surface area contributed by atoms with Gasteiger partial charge in [0.15, 0.2) is 6.61 Å². The first kappa shape index (κ1) is 21.3. The zero-order valence-corrected chi connectivity index (χ0v) is 15.7. The third kappa shape index (κ3) is 6.29. The Kier molecular flexibility index (Phi) is 6.33. The number of benzene rings is 2. The molecule has 0 unspecified atom stereocenters. The molecule has 0 aliphatic carbocycles. The summed E-state index contributed by atoms with van der Waals surface area (Å²) < 4.78 is 43.6. The molecule has 2 aromatic carbocycles. The fourth-order valence-corrected chi connectivity index (χ4v) is 2.36. The van der Waals surface area contributed by atoms with E-state index in [9.17, 15) is 22.8 Å². The molecule has 0 aromatic heterocycles. The summed E-state index contributed by atoms with van der Waals surface area (Å²) in [6, 6.07) is 10.8. The number of para-hydroxylation sites is 1.